The van der Waals surface area contributed by atoms with Gasteiger partial charge in [0.25, 0.3) is 5.91 Å². The van der Waals surface area contributed by atoms with Gasteiger partial charge in [-0.05, 0) is 12.8 Å². The van der Waals surface area contributed by atoms with Crippen LogP contribution in [0.5, 0.6) is 0 Å². The van der Waals surface area contributed by atoms with E-state index >= 15 is 0 Å². The maximum atomic E-state index is 13.3. The van der Waals surface area contributed by atoms with Crippen molar-refractivity contribution in [3.63, 3.8) is 0 Å². The van der Waals surface area contributed by atoms with Crippen molar-refractivity contribution in [2.75, 3.05) is 13.1 Å². The number of carbonyl (C=O) groups excluding carboxylic acids is 2. The predicted molar refractivity (Wildman–Crippen MR) is 94.5 cm³/mol. The maximum Gasteiger partial charge on any atom is 0.258 e. The molecule has 4 rings (SSSR count). The van der Waals surface area contributed by atoms with Crippen LogP contribution in [0.25, 0.3) is 0 Å². The van der Waals surface area contributed by atoms with Gasteiger partial charge in [-0.25, -0.2) is 4.98 Å². The Kier molecular flexibility index (Phi) is 4.73. The summed E-state index contributed by atoms with van der Waals surface area (Å²) < 4.78 is 0. The average molecular weight is 356 g/mol. The van der Waals surface area contributed by atoms with Gasteiger partial charge in [0, 0.05) is 37.3 Å². The molecule has 1 aliphatic heterocycles. The second-order valence-corrected chi connectivity index (χ2v) is 7.12. The minimum absolute atomic E-state index is 0.112. The lowest BCUT2D eigenvalue weighted by molar-refractivity contribution is -0.127. The molecule has 0 bridgehead atoms. The summed E-state index contributed by atoms with van der Waals surface area (Å²) in [5.41, 5.74) is 2.38. The minimum atomic E-state index is -0.536. The molecule has 2 aromatic rings. The summed E-state index contributed by atoms with van der Waals surface area (Å²) in [4.78, 5) is 34.4. The summed E-state index contributed by atoms with van der Waals surface area (Å²) in [6, 6.07) is -0.536. The maximum absolute atomic E-state index is 13.3. The van der Waals surface area contributed by atoms with E-state index in [0.717, 1.165) is 24.2 Å². The zero-order chi connectivity index (χ0) is 17.9. The number of nitrogens with zero attached hydrogens (tertiary/aromatic N) is 3. The summed E-state index contributed by atoms with van der Waals surface area (Å²) in [6.45, 7) is 0.972. The Morgan fingerprint density at radius 3 is 2.85 bits per heavy atom. The molecule has 2 fully saturated rings. The highest BCUT2D eigenvalue weighted by Gasteiger charge is 2.36. The molecule has 0 spiro atoms. The quantitative estimate of drug-likeness (QED) is 0.769. The van der Waals surface area contributed by atoms with Crippen LogP contribution < -0.4 is 5.32 Å². The molecule has 2 aromatic heterocycles. The highest BCUT2D eigenvalue weighted by Crippen LogP contribution is 2.33. The molecule has 2 amide bonds. The molecular weight excluding hydrogens is 332 g/mol. The molecule has 138 valence electrons. The predicted octanol–water partition coefficient (Wildman–Crippen LogP) is 1.36. The third-order valence-corrected chi connectivity index (χ3v) is 5.47. The van der Waals surface area contributed by atoms with Crippen LogP contribution >= 0.6 is 0 Å². The Balaban J connectivity index is 1.57. The van der Waals surface area contributed by atoms with Gasteiger partial charge in [0.05, 0.1) is 23.8 Å². The van der Waals surface area contributed by atoms with Crippen LogP contribution in [-0.4, -0.2) is 56.0 Å². The molecule has 1 saturated carbocycles. The van der Waals surface area contributed by atoms with E-state index in [-0.39, 0.29) is 11.8 Å². The third-order valence-electron chi connectivity index (χ3n) is 5.47. The van der Waals surface area contributed by atoms with Crippen molar-refractivity contribution < 1.29 is 9.59 Å². The summed E-state index contributed by atoms with van der Waals surface area (Å²) in [7, 11) is 0. The largest absolute Gasteiger partial charge is 0.353 e. The van der Waals surface area contributed by atoms with Crippen LogP contribution in [0.1, 0.15) is 59.8 Å². The van der Waals surface area contributed by atoms with Gasteiger partial charge in [-0.3, -0.25) is 14.7 Å². The molecular formula is C18H24N6O2. The van der Waals surface area contributed by atoms with Crippen molar-refractivity contribution in [2.45, 2.75) is 50.5 Å². The molecule has 1 atom stereocenters. The molecule has 0 unspecified atom stereocenters. The first kappa shape index (κ1) is 16.8. The number of aromatic nitrogens is 4. The van der Waals surface area contributed by atoms with Crippen molar-refractivity contribution in [1.82, 2.24) is 30.4 Å². The van der Waals surface area contributed by atoms with Gasteiger partial charge in [0.1, 0.15) is 6.04 Å². The lowest BCUT2D eigenvalue weighted by Crippen LogP contribution is -2.58. The number of aromatic amines is 2. The van der Waals surface area contributed by atoms with Gasteiger partial charge in [0.15, 0.2) is 0 Å². The van der Waals surface area contributed by atoms with Crippen molar-refractivity contribution in [2.24, 2.45) is 0 Å². The average Bonchev–Trinajstić information content (AvgIpc) is 3.35. The Morgan fingerprint density at radius 1 is 1.23 bits per heavy atom. The highest BCUT2D eigenvalue weighted by atomic mass is 16.2. The molecule has 8 nitrogen and oxygen atoms in total. The van der Waals surface area contributed by atoms with E-state index in [1.165, 1.54) is 19.3 Å². The van der Waals surface area contributed by atoms with Gasteiger partial charge >= 0.3 is 0 Å². The fourth-order valence-corrected chi connectivity index (χ4v) is 4.09. The van der Waals surface area contributed by atoms with Crippen LogP contribution in [0.2, 0.25) is 0 Å². The molecule has 8 heteroatoms. The number of amides is 2. The van der Waals surface area contributed by atoms with Crippen LogP contribution in [0, 0.1) is 0 Å². The Bertz CT molecular complexity index is 763. The van der Waals surface area contributed by atoms with E-state index in [0.29, 0.717) is 31.0 Å². The number of carbonyl (C=O) groups is 2. The fraction of sp³-hybridized carbons (Fsp3) is 0.556. The number of piperazine rings is 1. The van der Waals surface area contributed by atoms with E-state index in [1.807, 2.05) is 0 Å². The Hall–Kier alpha value is -2.64. The fourth-order valence-electron chi connectivity index (χ4n) is 4.09. The molecule has 1 saturated heterocycles. The van der Waals surface area contributed by atoms with Gasteiger partial charge in [-0.1, -0.05) is 19.3 Å². The van der Waals surface area contributed by atoms with E-state index in [1.54, 1.807) is 23.6 Å². The van der Waals surface area contributed by atoms with E-state index in [2.05, 4.69) is 25.5 Å². The Labute approximate surface area is 151 Å². The third kappa shape index (κ3) is 3.23. The van der Waals surface area contributed by atoms with Crippen molar-refractivity contribution in [3.8, 4) is 0 Å². The first-order valence-electron chi connectivity index (χ1n) is 9.33. The second kappa shape index (κ2) is 7.31. The van der Waals surface area contributed by atoms with Crippen LogP contribution in [-0.2, 0) is 11.2 Å². The first-order valence-corrected chi connectivity index (χ1v) is 9.33. The van der Waals surface area contributed by atoms with Crippen molar-refractivity contribution in [1.29, 1.82) is 0 Å². The van der Waals surface area contributed by atoms with Crippen molar-refractivity contribution in [3.05, 3.63) is 35.7 Å². The summed E-state index contributed by atoms with van der Waals surface area (Å²) >= 11 is 0. The summed E-state index contributed by atoms with van der Waals surface area (Å²) in [5.74, 6) is 0.121. The summed E-state index contributed by atoms with van der Waals surface area (Å²) in [5, 5.41) is 10.1. The molecule has 3 heterocycles. The normalized spacial score (nSPS) is 21.6. The molecule has 3 N–H and O–H groups in total. The van der Waals surface area contributed by atoms with Crippen molar-refractivity contribution >= 4 is 11.8 Å². The highest BCUT2D eigenvalue weighted by molar-refractivity contribution is 5.99. The summed E-state index contributed by atoms with van der Waals surface area (Å²) in [6.07, 6.45) is 11.1. The van der Waals surface area contributed by atoms with Gasteiger partial charge in [-0.15, -0.1) is 0 Å². The lowest BCUT2D eigenvalue weighted by atomic mass is 9.85. The van der Waals surface area contributed by atoms with Crippen LogP contribution in [0.15, 0.2) is 18.7 Å². The standard InChI is InChI=1S/C18H24N6O2/c25-17-15(8-13-9-19-11-21-13)24(7-6-20-17)18(26)14-10-22-23-16(14)12-4-2-1-3-5-12/h9-12,15H,1-8H2,(H,19,21)(H,20,25)(H,22,23)/t15-/m1/s1. The SMILES string of the molecule is O=C1NCCN(C(=O)c2cn[nH]c2C2CCCCC2)[C@@H]1Cc1cnc[nH]1. The first-order chi connectivity index (χ1) is 12.7. The zero-order valence-corrected chi connectivity index (χ0v) is 14.7. The molecule has 26 heavy (non-hydrogen) atoms. The Morgan fingerprint density at radius 2 is 2.08 bits per heavy atom. The number of rotatable bonds is 4. The van der Waals surface area contributed by atoms with Gasteiger partial charge in [0.2, 0.25) is 5.91 Å². The molecule has 2 aliphatic rings. The smallest absolute Gasteiger partial charge is 0.258 e. The number of imidazole rings is 1. The molecule has 0 radical (unpaired) electrons. The number of nitrogens with one attached hydrogen (secondary N) is 3. The number of hydrogen-bond acceptors (Lipinski definition) is 4. The minimum Gasteiger partial charge on any atom is -0.353 e. The monoisotopic (exact) mass is 356 g/mol. The van der Waals surface area contributed by atoms with E-state index in [9.17, 15) is 9.59 Å². The topological polar surface area (TPSA) is 107 Å². The van der Waals surface area contributed by atoms with E-state index < -0.39 is 6.04 Å². The molecule has 0 aromatic carbocycles. The number of H-pyrrole nitrogens is 2. The van der Waals surface area contributed by atoms with Crippen LogP contribution in [0.4, 0.5) is 0 Å². The van der Waals surface area contributed by atoms with Gasteiger partial charge < -0.3 is 15.2 Å². The van der Waals surface area contributed by atoms with Gasteiger partial charge in [-0.2, -0.15) is 5.10 Å². The second-order valence-electron chi connectivity index (χ2n) is 7.12. The molecule has 1 aliphatic carbocycles. The van der Waals surface area contributed by atoms with Crippen LogP contribution in [0.3, 0.4) is 0 Å². The van der Waals surface area contributed by atoms with E-state index in [4.69, 9.17) is 0 Å². The number of hydrogen-bond donors (Lipinski definition) is 3. The lowest BCUT2D eigenvalue weighted by Gasteiger charge is -2.35. The zero-order valence-electron chi connectivity index (χ0n) is 14.7.